The Hall–Kier alpha value is -2.68. The van der Waals surface area contributed by atoms with E-state index < -0.39 is 0 Å². The molecule has 0 aliphatic rings. The van der Waals surface area contributed by atoms with Crippen molar-refractivity contribution in [1.29, 1.82) is 0 Å². The van der Waals surface area contributed by atoms with Crippen molar-refractivity contribution in [3.63, 3.8) is 0 Å². The van der Waals surface area contributed by atoms with Gasteiger partial charge in [-0.15, -0.1) is 0 Å². The molecular formula is C18H10F2O. The second-order valence-electron chi connectivity index (χ2n) is 4.96. The molecule has 1 nitrogen and oxygen atoms in total. The Morgan fingerprint density at radius 1 is 0.619 bits per heavy atom. The molecule has 2 bridgehead atoms. The lowest BCUT2D eigenvalue weighted by molar-refractivity contribution is 0.627. The van der Waals surface area contributed by atoms with E-state index in [0.717, 1.165) is 33.4 Å². The molecule has 0 unspecified atom stereocenters. The molecule has 0 saturated carbocycles. The van der Waals surface area contributed by atoms with E-state index in [9.17, 15) is 8.78 Å². The minimum atomic E-state index is -0.268. The molecule has 0 aliphatic heterocycles. The first-order chi connectivity index (χ1) is 10.2. The lowest BCUT2D eigenvalue weighted by atomic mass is 9.99. The van der Waals surface area contributed by atoms with E-state index in [1.165, 1.54) is 24.3 Å². The Morgan fingerprint density at radius 2 is 1.05 bits per heavy atom. The van der Waals surface area contributed by atoms with E-state index >= 15 is 0 Å². The van der Waals surface area contributed by atoms with Crippen molar-refractivity contribution in [2.75, 3.05) is 0 Å². The molecule has 0 fully saturated rings. The van der Waals surface area contributed by atoms with Gasteiger partial charge >= 0.3 is 0 Å². The van der Waals surface area contributed by atoms with Gasteiger partial charge in [0.1, 0.15) is 22.8 Å². The van der Waals surface area contributed by atoms with Crippen molar-refractivity contribution in [1.82, 2.24) is 0 Å². The highest BCUT2D eigenvalue weighted by atomic mass is 19.1. The van der Waals surface area contributed by atoms with Crippen LogP contribution in [0.25, 0.3) is 33.4 Å². The lowest BCUT2D eigenvalue weighted by Gasteiger charge is -2.03. The van der Waals surface area contributed by atoms with E-state index in [-0.39, 0.29) is 11.6 Å². The Morgan fingerprint density at radius 3 is 1.43 bits per heavy atom. The average Bonchev–Trinajstić information content (AvgIpc) is 3.09. The van der Waals surface area contributed by atoms with Crippen LogP contribution in [0.3, 0.4) is 0 Å². The predicted molar refractivity (Wildman–Crippen MR) is 78.2 cm³/mol. The molecule has 21 heavy (non-hydrogen) atoms. The zero-order chi connectivity index (χ0) is 14.4. The smallest absolute Gasteiger partial charge is 0.143 e. The van der Waals surface area contributed by atoms with Gasteiger partial charge in [-0.1, -0.05) is 24.3 Å². The summed E-state index contributed by atoms with van der Waals surface area (Å²) in [5.41, 5.74) is 5.13. The monoisotopic (exact) mass is 280 g/mol. The maximum absolute atomic E-state index is 13.0. The number of halogens is 2. The Balaban J connectivity index is 1.86. The zero-order valence-corrected chi connectivity index (χ0v) is 10.9. The molecule has 3 heteroatoms. The van der Waals surface area contributed by atoms with Crippen molar-refractivity contribution in [3.8, 4) is 22.3 Å². The summed E-state index contributed by atoms with van der Waals surface area (Å²) in [6, 6.07) is 16.4. The summed E-state index contributed by atoms with van der Waals surface area (Å²) >= 11 is 0. The van der Waals surface area contributed by atoms with Gasteiger partial charge in [0, 0.05) is 11.1 Å². The highest BCUT2D eigenvalue weighted by Gasteiger charge is 2.16. The van der Waals surface area contributed by atoms with Crippen LogP contribution in [0.1, 0.15) is 0 Å². The number of hydrogen-bond acceptors (Lipinski definition) is 1. The Kier molecular flexibility index (Phi) is 2.54. The molecule has 0 aliphatic carbocycles. The van der Waals surface area contributed by atoms with E-state index in [1.54, 1.807) is 24.3 Å². The molecule has 0 amide bonds. The molecule has 0 spiro atoms. The van der Waals surface area contributed by atoms with Crippen LogP contribution < -0.4 is 0 Å². The molecule has 0 saturated heterocycles. The van der Waals surface area contributed by atoms with Crippen LogP contribution in [0.5, 0.6) is 0 Å². The van der Waals surface area contributed by atoms with Crippen molar-refractivity contribution in [2.45, 2.75) is 0 Å². The molecule has 2 aromatic carbocycles. The van der Waals surface area contributed by atoms with E-state index in [4.69, 9.17) is 4.42 Å². The summed E-state index contributed by atoms with van der Waals surface area (Å²) in [6.07, 6.45) is 0. The largest absolute Gasteiger partial charge is 0.456 e. The second-order valence-corrected chi connectivity index (χ2v) is 4.96. The van der Waals surface area contributed by atoms with Crippen molar-refractivity contribution >= 4 is 11.2 Å². The fourth-order valence-corrected chi connectivity index (χ4v) is 2.58. The van der Waals surface area contributed by atoms with Gasteiger partial charge in [0.15, 0.2) is 0 Å². The number of hydrogen-bond donors (Lipinski definition) is 0. The number of benzene rings is 3. The van der Waals surface area contributed by atoms with Crippen LogP contribution >= 0.6 is 0 Å². The summed E-state index contributed by atoms with van der Waals surface area (Å²) in [5, 5.41) is 0. The molecule has 0 N–H and O–H groups in total. The summed E-state index contributed by atoms with van der Waals surface area (Å²) in [5.74, 6) is -0.536. The molecule has 0 radical (unpaired) electrons. The standard InChI is InChI=1S/C18H10F2O/c19-13-5-1-11(2-6-13)16-9-15-10-17(18(16)21-15)12-3-7-14(20)8-4-12/h1-10H. The predicted octanol–water partition coefficient (Wildman–Crippen LogP) is 5.48. The maximum Gasteiger partial charge on any atom is 0.143 e. The topological polar surface area (TPSA) is 13.1 Å². The summed E-state index contributed by atoms with van der Waals surface area (Å²) in [7, 11) is 0. The fraction of sp³-hybridized carbons (Fsp3) is 0. The van der Waals surface area contributed by atoms with Crippen LogP contribution in [0, 0.1) is 11.6 Å². The van der Waals surface area contributed by atoms with Gasteiger partial charge in [0.2, 0.25) is 0 Å². The molecule has 4 aromatic rings. The lowest BCUT2D eigenvalue weighted by Crippen LogP contribution is -1.82. The third-order valence-corrected chi connectivity index (χ3v) is 3.59. The van der Waals surface area contributed by atoms with E-state index in [2.05, 4.69) is 0 Å². The summed E-state index contributed by atoms with van der Waals surface area (Å²) < 4.78 is 31.8. The summed E-state index contributed by atoms with van der Waals surface area (Å²) in [6.45, 7) is 0. The molecule has 0 atom stereocenters. The van der Waals surface area contributed by atoms with Crippen LogP contribution in [-0.2, 0) is 0 Å². The minimum Gasteiger partial charge on any atom is -0.456 e. The fourth-order valence-electron chi connectivity index (χ4n) is 2.58. The maximum atomic E-state index is 13.0. The highest BCUT2D eigenvalue weighted by molar-refractivity contribution is 5.97. The number of rotatable bonds is 2. The zero-order valence-electron chi connectivity index (χ0n) is 10.9. The van der Waals surface area contributed by atoms with Crippen LogP contribution in [0.2, 0.25) is 0 Å². The minimum absolute atomic E-state index is 0.268. The first kappa shape index (κ1) is 12.1. The normalized spacial score (nSPS) is 11.3. The molecular weight excluding hydrogens is 270 g/mol. The molecule has 4 rings (SSSR count). The Labute approximate surface area is 119 Å². The second kappa shape index (κ2) is 4.42. The first-order valence-electron chi connectivity index (χ1n) is 6.58. The third kappa shape index (κ3) is 1.98. The Bertz CT molecular complexity index is 819. The van der Waals surface area contributed by atoms with Crippen LogP contribution in [0.4, 0.5) is 8.78 Å². The van der Waals surface area contributed by atoms with Crippen LogP contribution in [-0.4, -0.2) is 0 Å². The number of fused-ring (bicyclic) bond motifs is 2. The van der Waals surface area contributed by atoms with E-state index in [1.807, 2.05) is 12.1 Å². The summed E-state index contributed by atoms with van der Waals surface area (Å²) in [4.78, 5) is 0. The van der Waals surface area contributed by atoms with Gasteiger partial charge in [-0.25, -0.2) is 8.78 Å². The average molecular weight is 280 g/mol. The van der Waals surface area contributed by atoms with Gasteiger partial charge in [-0.05, 0) is 47.5 Å². The van der Waals surface area contributed by atoms with Crippen LogP contribution in [0.15, 0.2) is 65.1 Å². The molecule has 2 heterocycles. The van der Waals surface area contributed by atoms with Gasteiger partial charge in [-0.3, -0.25) is 0 Å². The van der Waals surface area contributed by atoms with Crippen molar-refractivity contribution < 1.29 is 13.2 Å². The molecule has 2 aromatic heterocycles. The number of furan rings is 2. The van der Waals surface area contributed by atoms with Gasteiger partial charge in [0.05, 0.1) is 0 Å². The third-order valence-electron chi connectivity index (χ3n) is 3.59. The van der Waals surface area contributed by atoms with Gasteiger partial charge in [0.25, 0.3) is 0 Å². The molecule has 102 valence electrons. The van der Waals surface area contributed by atoms with Crippen molar-refractivity contribution in [2.24, 2.45) is 0 Å². The highest BCUT2D eigenvalue weighted by Crippen LogP contribution is 2.39. The van der Waals surface area contributed by atoms with Gasteiger partial charge < -0.3 is 4.42 Å². The SMILES string of the molecule is Fc1ccc(-c2cc3cc(-c4ccc(F)cc4)c2o3)cc1. The van der Waals surface area contributed by atoms with E-state index in [0.29, 0.717) is 0 Å². The van der Waals surface area contributed by atoms with Gasteiger partial charge in [-0.2, -0.15) is 0 Å². The first-order valence-corrected chi connectivity index (χ1v) is 6.58. The van der Waals surface area contributed by atoms with Crippen molar-refractivity contribution in [3.05, 3.63) is 72.3 Å². The quantitative estimate of drug-likeness (QED) is 0.473.